The second-order valence-corrected chi connectivity index (χ2v) is 8.35. The van der Waals surface area contributed by atoms with E-state index in [2.05, 4.69) is 0 Å². The molecule has 0 saturated heterocycles. The molecule has 0 saturated carbocycles. The SMILES string of the molecule is COc1ccccc1CN(C)C(=O)CN(c1cc([N+](=O)[O-])ccc1OC)S(C)(=O)=O. The highest BCUT2D eigenvalue weighted by Gasteiger charge is 2.27. The minimum absolute atomic E-state index is 0.0891. The van der Waals surface area contributed by atoms with Gasteiger partial charge in [0.25, 0.3) is 5.69 Å². The van der Waals surface area contributed by atoms with E-state index in [1.165, 1.54) is 38.3 Å². The van der Waals surface area contributed by atoms with Crippen LogP contribution < -0.4 is 13.8 Å². The Morgan fingerprint density at radius 1 is 1.10 bits per heavy atom. The van der Waals surface area contributed by atoms with Crippen molar-refractivity contribution in [3.63, 3.8) is 0 Å². The van der Waals surface area contributed by atoms with Gasteiger partial charge in [-0.1, -0.05) is 18.2 Å². The Kier molecular flexibility index (Phi) is 7.22. The highest BCUT2D eigenvalue weighted by atomic mass is 32.2. The molecule has 11 heteroatoms. The first kappa shape index (κ1) is 22.9. The molecule has 0 unspecified atom stereocenters. The maximum absolute atomic E-state index is 12.8. The molecular formula is C19H23N3O7S. The van der Waals surface area contributed by atoms with Gasteiger partial charge in [0, 0.05) is 31.3 Å². The van der Waals surface area contributed by atoms with Crippen LogP contribution in [0.3, 0.4) is 0 Å². The summed E-state index contributed by atoms with van der Waals surface area (Å²) in [5.41, 5.74) is 0.331. The van der Waals surface area contributed by atoms with Crippen molar-refractivity contribution in [2.75, 3.05) is 38.4 Å². The molecular weight excluding hydrogens is 414 g/mol. The fourth-order valence-electron chi connectivity index (χ4n) is 2.79. The predicted octanol–water partition coefficient (Wildman–Crippen LogP) is 2.04. The average molecular weight is 437 g/mol. The summed E-state index contributed by atoms with van der Waals surface area (Å²) in [5, 5.41) is 11.1. The molecule has 162 valence electrons. The zero-order valence-corrected chi connectivity index (χ0v) is 17.9. The van der Waals surface area contributed by atoms with Crippen molar-refractivity contribution >= 4 is 27.3 Å². The van der Waals surface area contributed by atoms with Gasteiger partial charge in [-0.15, -0.1) is 0 Å². The Morgan fingerprint density at radius 2 is 1.73 bits per heavy atom. The number of carbonyl (C=O) groups excluding carboxylic acids is 1. The second kappa shape index (κ2) is 9.44. The summed E-state index contributed by atoms with van der Waals surface area (Å²) in [4.78, 5) is 24.6. The Labute approximate surface area is 174 Å². The number of sulfonamides is 1. The molecule has 0 atom stereocenters. The molecule has 2 rings (SSSR count). The number of non-ortho nitro benzene ring substituents is 1. The number of nitro groups is 1. The monoisotopic (exact) mass is 437 g/mol. The van der Waals surface area contributed by atoms with Crippen molar-refractivity contribution in [2.45, 2.75) is 6.54 Å². The number of hydrogen-bond donors (Lipinski definition) is 0. The van der Waals surface area contributed by atoms with Crippen LogP contribution in [-0.2, 0) is 21.4 Å². The van der Waals surface area contributed by atoms with Crippen LogP contribution in [0.15, 0.2) is 42.5 Å². The summed E-state index contributed by atoms with van der Waals surface area (Å²) in [7, 11) is 0.400. The number of methoxy groups -OCH3 is 2. The lowest BCUT2D eigenvalue weighted by atomic mass is 10.2. The number of anilines is 1. The van der Waals surface area contributed by atoms with Gasteiger partial charge in [-0.3, -0.25) is 19.2 Å². The maximum atomic E-state index is 12.8. The van der Waals surface area contributed by atoms with Gasteiger partial charge in [-0.05, 0) is 12.1 Å². The molecule has 0 fully saturated rings. The number of nitro benzene ring substituents is 1. The number of hydrogen-bond acceptors (Lipinski definition) is 7. The van der Waals surface area contributed by atoms with Crippen molar-refractivity contribution in [1.82, 2.24) is 4.90 Å². The van der Waals surface area contributed by atoms with E-state index < -0.39 is 27.4 Å². The first-order valence-electron chi connectivity index (χ1n) is 8.74. The van der Waals surface area contributed by atoms with Crippen molar-refractivity contribution in [3.8, 4) is 11.5 Å². The van der Waals surface area contributed by atoms with Gasteiger partial charge in [0.1, 0.15) is 23.7 Å². The summed E-state index contributed by atoms with van der Waals surface area (Å²) in [6.07, 6.45) is 0.915. The molecule has 0 N–H and O–H groups in total. The van der Waals surface area contributed by atoms with Crippen molar-refractivity contribution < 1.29 is 27.6 Å². The molecule has 10 nitrogen and oxygen atoms in total. The molecule has 2 aromatic rings. The summed E-state index contributed by atoms with van der Waals surface area (Å²) in [6.45, 7) is -0.367. The highest BCUT2D eigenvalue weighted by molar-refractivity contribution is 7.92. The van der Waals surface area contributed by atoms with E-state index in [4.69, 9.17) is 9.47 Å². The quantitative estimate of drug-likeness (QED) is 0.435. The molecule has 1 amide bonds. The number of rotatable bonds is 9. The third-order valence-corrected chi connectivity index (χ3v) is 5.47. The molecule has 0 heterocycles. The van der Waals surface area contributed by atoms with Crippen molar-refractivity contribution in [2.24, 2.45) is 0 Å². The number of likely N-dealkylation sites (N-methyl/N-ethyl adjacent to an activating group) is 1. The first-order chi connectivity index (χ1) is 14.1. The Balaban J connectivity index is 2.35. The molecule has 0 aromatic heterocycles. The fraction of sp³-hybridized carbons (Fsp3) is 0.316. The minimum Gasteiger partial charge on any atom is -0.496 e. The van der Waals surface area contributed by atoms with Crippen LogP contribution in [0.4, 0.5) is 11.4 Å². The summed E-state index contributed by atoms with van der Waals surface area (Å²) >= 11 is 0. The summed E-state index contributed by atoms with van der Waals surface area (Å²) in [6, 6.07) is 10.7. The number of amides is 1. The number of ether oxygens (including phenoxy) is 2. The Hall–Kier alpha value is -3.34. The highest BCUT2D eigenvalue weighted by Crippen LogP contribution is 2.33. The maximum Gasteiger partial charge on any atom is 0.271 e. The van der Waals surface area contributed by atoms with Gasteiger partial charge in [0.15, 0.2) is 0 Å². The fourth-order valence-corrected chi connectivity index (χ4v) is 3.63. The molecule has 30 heavy (non-hydrogen) atoms. The Bertz CT molecular complexity index is 1040. The van der Waals surface area contributed by atoms with Crippen LogP contribution in [0.1, 0.15) is 5.56 Å². The van der Waals surface area contributed by atoms with Gasteiger partial charge >= 0.3 is 0 Å². The zero-order chi connectivity index (χ0) is 22.5. The topological polar surface area (TPSA) is 119 Å². The molecule has 0 radical (unpaired) electrons. The third-order valence-electron chi connectivity index (χ3n) is 4.35. The largest absolute Gasteiger partial charge is 0.496 e. The number of para-hydroxylation sites is 1. The summed E-state index contributed by atoms with van der Waals surface area (Å²) < 4.78 is 36.0. The van der Waals surface area contributed by atoms with Gasteiger partial charge in [-0.2, -0.15) is 0 Å². The first-order valence-corrected chi connectivity index (χ1v) is 10.6. The minimum atomic E-state index is -3.95. The van der Waals surface area contributed by atoms with Crippen LogP contribution in [0.25, 0.3) is 0 Å². The van der Waals surface area contributed by atoms with Crippen molar-refractivity contribution in [3.05, 3.63) is 58.1 Å². The lowest BCUT2D eigenvalue weighted by molar-refractivity contribution is -0.384. The van der Waals surface area contributed by atoms with E-state index in [1.54, 1.807) is 24.3 Å². The van der Waals surface area contributed by atoms with Gasteiger partial charge in [0.05, 0.1) is 25.4 Å². The van der Waals surface area contributed by atoms with E-state index in [9.17, 15) is 23.3 Å². The van der Waals surface area contributed by atoms with Crippen LogP contribution in [-0.4, -0.2) is 58.2 Å². The number of benzene rings is 2. The van der Waals surface area contributed by atoms with Crippen LogP contribution in [0, 0.1) is 10.1 Å². The second-order valence-electron chi connectivity index (χ2n) is 6.44. The van der Waals surface area contributed by atoms with Crippen LogP contribution in [0.5, 0.6) is 11.5 Å². The number of carbonyl (C=O) groups is 1. The number of nitrogens with zero attached hydrogens (tertiary/aromatic N) is 3. The van der Waals surface area contributed by atoms with E-state index in [0.29, 0.717) is 5.75 Å². The van der Waals surface area contributed by atoms with Gasteiger partial charge in [-0.25, -0.2) is 8.42 Å². The molecule has 0 aliphatic rings. The molecule has 0 bridgehead atoms. The average Bonchev–Trinajstić information content (AvgIpc) is 2.70. The van der Waals surface area contributed by atoms with E-state index in [0.717, 1.165) is 22.2 Å². The van der Waals surface area contributed by atoms with Crippen LogP contribution >= 0.6 is 0 Å². The van der Waals surface area contributed by atoms with Gasteiger partial charge < -0.3 is 14.4 Å². The van der Waals surface area contributed by atoms with Gasteiger partial charge in [0.2, 0.25) is 15.9 Å². The third kappa shape index (κ3) is 5.38. The molecule has 0 spiro atoms. The zero-order valence-electron chi connectivity index (χ0n) is 17.1. The van der Waals surface area contributed by atoms with E-state index >= 15 is 0 Å². The van der Waals surface area contributed by atoms with Crippen molar-refractivity contribution in [1.29, 1.82) is 0 Å². The van der Waals surface area contributed by atoms with E-state index in [-0.39, 0.29) is 23.7 Å². The molecule has 0 aliphatic carbocycles. The summed E-state index contributed by atoms with van der Waals surface area (Å²) in [5.74, 6) is 0.170. The standard InChI is InChI=1S/C19H23N3O7S/c1-20(12-14-7-5-6-8-17(14)28-2)19(23)13-21(30(4,26)27)16-11-15(22(24)25)9-10-18(16)29-3/h5-11H,12-13H2,1-4H3. The smallest absolute Gasteiger partial charge is 0.271 e. The predicted molar refractivity (Wildman–Crippen MR) is 111 cm³/mol. The normalized spacial score (nSPS) is 10.9. The molecule has 0 aliphatic heterocycles. The lowest BCUT2D eigenvalue weighted by Crippen LogP contribution is -2.41. The lowest BCUT2D eigenvalue weighted by Gasteiger charge is -2.26. The van der Waals surface area contributed by atoms with Crippen LogP contribution in [0.2, 0.25) is 0 Å². The Morgan fingerprint density at radius 3 is 2.30 bits per heavy atom. The van der Waals surface area contributed by atoms with E-state index in [1.807, 2.05) is 0 Å². The molecule has 2 aromatic carbocycles.